The maximum atomic E-state index is 12.9. The second-order valence-electron chi connectivity index (χ2n) is 7.07. The first-order valence-corrected chi connectivity index (χ1v) is 9.19. The summed E-state index contributed by atoms with van der Waals surface area (Å²) in [5.74, 6) is -0.299. The molecule has 27 heavy (non-hydrogen) atoms. The van der Waals surface area contributed by atoms with E-state index in [1.165, 1.54) is 0 Å². The van der Waals surface area contributed by atoms with E-state index in [2.05, 4.69) is 0 Å². The van der Waals surface area contributed by atoms with E-state index in [0.717, 1.165) is 16.9 Å². The lowest BCUT2D eigenvalue weighted by molar-refractivity contribution is -0.148. The molecule has 0 aromatic heterocycles. The number of aliphatic carboxylic acids is 1. The normalized spacial score (nSPS) is 17.2. The number of carbonyl (C=O) groups is 2. The second kappa shape index (κ2) is 7.82. The molecule has 1 saturated heterocycles. The Kier molecular flexibility index (Phi) is 5.49. The lowest BCUT2D eigenvalue weighted by Gasteiger charge is -2.40. The monoisotopic (exact) mass is 367 g/mol. The summed E-state index contributed by atoms with van der Waals surface area (Å²) in [6.45, 7) is 2.78. The first-order chi connectivity index (χ1) is 13.0. The molecule has 1 unspecified atom stereocenters. The van der Waals surface area contributed by atoms with E-state index in [0.29, 0.717) is 25.9 Å². The number of nitrogens with zero attached hydrogens (tertiary/aromatic N) is 1. The Labute approximate surface area is 159 Å². The van der Waals surface area contributed by atoms with Gasteiger partial charge >= 0.3 is 5.97 Å². The van der Waals surface area contributed by atoms with E-state index in [1.807, 2.05) is 61.5 Å². The third kappa shape index (κ3) is 3.68. The number of methoxy groups -OCH3 is 1. The van der Waals surface area contributed by atoms with Crippen LogP contribution in [0.4, 0.5) is 0 Å². The van der Waals surface area contributed by atoms with E-state index in [4.69, 9.17) is 4.74 Å². The highest BCUT2D eigenvalue weighted by molar-refractivity contribution is 5.85. The van der Waals surface area contributed by atoms with Gasteiger partial charge in [-0.1, -0.05) is 42.5 Å². The Morgan fingerprint density at radius 2 is 1.63 bits per heavy atom. The van der Waals surface area contributed by atoms with Crippen molar-refractivity contribution in [2.75, 3.05) is 20.2 Å². The summed E-state index contributed by atoms with van der Waals surface area (Å²) >= 11 is 0. The Bertz CT molecular complexity index is 793. The van der Waals surface area contributed by atoms with E-state index in [9.17, 15) is 14.7 Å². The predicted molar refractivity (Wildman–Crippen MR) is 103 cm³/mol. The van der Waals surface area contributed by atoms with E-state index >= 15 is 0 Å². The Morgan fingerprint density at radius 1 is 1.04 bits per heavy atom. The number of carboxylic acid groups (broad SMARTS) is 1. The summed E-state index contributed by atoms with van der Waals surface area (Å²) < 4.78 is 5.16. The Balaban J connectivity index is 1.72. The molecule has 0 spiro atoms. The highest BCUT2D eigenvalue weighted by atomic mass is 16.5. The summed E-state index contributed by atoms with van der Waals surface area (Å²) in [5.41, 5.74) is 0.827. The van der Waals surface area contributed by atoms with Crippen LogP contribution >= 0.6 is 0 Å². The molecule has 0 saturated carbocycles. The molecule has 0 bridgehead atoms. The van der Waals surface area contributed by atoms with Crippen molar-refractivity contribution in [2.45, 2.75) is 31.1 Å². The van der Waals surface area contributed by atoms with Gasteiger partial charge in [0.2, 0.25) is 5.91 Å². The van der Waals surface area contributed by atoms with Gasteiger partial charge in [-0.25, -0.2) is 0 Å². The molecular weight excluding hydrogens is 342 g/mol. The van der Waals surface area contributed by atoms with Gasteiger partial charge < -0.3 is 14.7 Å². The molecule has 1 heterocycles. The summed E-state index contributed by atoms with van der Waals surface area (Å²) in [5, 5.41) is 9.89. The molecule has 2 aromatic rings. The highest BCUT2D eigenvalue weighted by Gasteiger charge is 2.44. The number of carboxylic acids is 1. The van der Waals surface area contributed by atoms with Crippen molar-refractivity contribution in [3.63, 3.8) is 0 Å². The summed E-state index contributed by atoms with van der Waals surface area (Å²) in [6, 6.07) is 16.8. The van der Waals surface area contributed by atoms with Gasteiger partial charge in [-0.05, 0) is 43.0 Å². The average molecular weight is 367 g/mol. The van der Waals surface area contributed by atoms with Crippen LogP contribution in [0.25, 0.3) is 0 Å². The molecule has 3 rings (SSSR count). The Morgan fingerprint density at radius 3 is 2.15 bits per heavy atom. The van der Waals surface area contributed by atoms with Crippen LogP contribution in [0.15, 0.2) is 54.6 Å². The zero-order valence-electron chi connectivity index (χ0n) is 15.7. The minimum absolute atomic E-state index is 0.0345. The molecular formula is C22H25NO4. The minimum Gasteiger partial charge on any atom is -0.497 e. The molecule has 142 valence electrons. The molecule has 1 N–H and O–H groups in total. The van der Waals surface area contributed by atoms with Crippen LogP contribution in [0.1, 0.15) is 36.8 Å². The summed E-state index contributed by atoms with van der Waals surface area (Å²) in [7, 11) is 1.61. The van der Waals surface area contributed by atoms with Crippen molar-refractivity contribution in [3.05, 3.63) is 65.7 Å². The minimum atomic E-state index is -0.915. The molecule has 5 heteroatoms. The highest BCUT2D eigenvalue weighted by Crippen LogP contribution is 2.36. The predicted octanol–water partition coefficient (Wildman–Crippen LogP) is 3.44. The molecule has 0 aliphatic carbocycles. The molecule has 1 aliphatic heterocycles. The third-order valence-electron chi connectivity index (χ3n) is 5.65. The van der Waals surface area contributed by atoms with Crippen LogP contribution < -0.4 is 4.74 Å². The maximum Gasteiger partial charge on any atom is 0.314 e. The number of likely N-dealkylation sites (tertiary alicyclic amines) is 1. The third-order valence-corrected chi connectivity index (χ3v) is 5.65. The molecule has 0 radical (unpaired) electrons. The fourth-order valence-electron chi connectivity index (χ4n) is 3.80. The summed E-state index contributed by atoms with van der Waals surface area (Å²) in [6.07, 6.45) is 0.848. The van der Waals surface area contributed by atoms with Crippen LogP contribution in [0.2, 0.25) is 0 Å². The van der Waals surface area contributed by atoms with Crippen molar-refractivity contribution < 1.29 is 19.4 Å². The number of carbonyl (C=O) groups excluding carboxylic acids is 1. The van der Waals surface area contributed by atoms with Gasteiger partial charge in [-0.3, -0.25) is 9.59 Å². The standard InChI is InChI=1S/C22H25NO4/c1-16(17-8-10-19(27-2)11-9-17)20(24)23-14-12-22(13-15-23,21(25)26)18-6-4-3-5-7-18/h3-11,16H,12-15H2,1-2H3,(H,25,26). The van der Waals surface area contributed by atoms with Crippen LogP contribution in [0.5, 0.6) is 5.75 Å². The van der Waals surface area contributed by atoms with Gasteiger partial charge in [0.1, 0.15) is 5.75 Å². The van der Waals surface area contributed by atoms with Crippen molar-refractivity contribution in [2.24, 2.45) is 0 Å². The van der Waals surface area contributed by atoms with Gasteiger partial charge in [0.15, 0.2) is 0 Å². The zero-order chi connectivity index (χ0) is 19.4. The zero-order valence-corrected chi connectivity index (χ0v) is 15.7. The lowest BCUT2D eigenvalue weighted by Crippen LogP contribution is -2.49. The van der Waals surface area contributed by atoms with Crippen LogP contribution in [-0.4, -0.2) is 42.1 Å². The fraction of sp³-hybridized carbons (Fsp3) is 0.364. The van der Waals surface area contributed by atoms with Crippen molar-refractivity contribution in [1.82, 2.24) is 4.90 Å². The molecule has 2 aromatic carbocycles. The number of piperidine rings is 1. The number of hydrogen-bond acceptors (Lipinski definition) is 3. The Hall–Kier alpha value is -2.82. The largest absolute Gasteiger partial charge is 0.497 e. The van der Waals surface area contributed by atoms with Gasteiger partial charge in [0.05, 0.1) is 18.4 Å². The average Bonchev–Trinajstić information content (AvgIpc) is 2.73. The number of rotatable bonds is 5. The molecule has 5 nitrogen and oxygen atoms in total. The molecule has 1 atom stereocenters. The number of ether oxygens (including phenoxy) is 1. The van der Waals surface area contributed by atoms with Gasteiger partial charge in [-0.2, -0.15) is 0 Å². The first-order valence-electron chi connectivity index (χ1n) is 9.19. The van der Waals surface area contributed by atoms with E-state index in [-0.39, 0.29) is 11.8 Å². The second-order valence-corrected chi connectivity index (χ2v) is 7.07. The SMILES string of the molecule is COc1ccc(C(C)C(=O)N2CCC(C(=O)O)(c3ccccc3)CC2)cc1. The first kappa shape index (κ1) is 19.0. The number of benzene rings is 2. The van der Waals surface area contributed by atoms with Crippen molar-refractivity contribution in [1.29, 1.82) is 0 Å². The van der Waals surface area contributed by atoms with Gasteiger partial charge in [0.25, 0.3) is 0 Å². The van der Waals surface area contributed by atoms with Crippen LogP contribution in [0, 0.1) is 0 Å². The van der Waals surface area contributed by atoms with Gasteiger partial charge in [0, 0.05) is 13.1 Å². The topological polar surface area (TPSA) is 66.8 Å². The van der Waals surface area contributed by atoms with Gasteiger partial charge in [-0.15, -0.1) is 0 Å². The quantitative estimate of drug-likeness (QED) is 0.879. The van der Waals surface area contributed by atoms with E-state index < -0.39 is 11.4 Å². The maximum absolute atomic E-state index is 12.9. The number of hydrogen-bond donors (Lipinski definition) is 1. The van der Waals surface area contributed by atoms with E-state index in [1.54, 1.807) is 12.0 Å². The fourth-order valence-corrected chi connectivity index (χ4v) is 3.80. The lowest BCUT2D eigenvalue weighted by atomic mass is 9.72. The van der Waals surface area contributed by atoms with Crippen LogP contribution in [-0.2, 0) is 15.0 Å². The smallest absolute Gasteiger partial charge is 0.314 e. The van der Waals surface area contributed by atoms with Crippen molar-refractivity contribution in [3.8, 4) is 5.75 Å². The molecule has 1 amide bonds. The summed E-state index contributed by atoms with van der Waals surface area (Å²) in [4.78, 5) is 26.8. The molecule has 1 fully saturated rings. The van der Waals surface area contributed by atoms with Crippen molar-refractivity contribution >= 4 is 11.9 Å². The molecule has 1 aliphatic rings. The number of amides is 1. The van der Waals surface area contributed by atoms with Crippen LogP contribution in [0.3, 0.4) is 0 Å².